The van der Waals surface area contributed by atoms with Gasteiger partial charge in [0, 0.05) is 0 Å². The first-order valence-corrected chi connectivity index (χ1v) is 6.01. The Morgan fingerprint density at radius 3 is 2.75 bits per heavy atom. The number of hydrogen-bond acceptors (Lipinski definition) is 4. The number of thioether (sulfide) groups is 1. The Kier molecular flexibility index (Phi) is 4.71. The summed E-state index contributed by atoms with van der Waals surface area (Å²) in [4.78, 5) is 0. The van der Waals surface area contributed by atoms with Crippen molar-refractivity contribution in [2.24, 2.45) is 5.73 Å². The van der Waals surface area contributed by atoms with Gasteiger partial charge in [0.25, 0.3) is 0 Å². The van der Waals surface area contributed by atoms with Crippen LogP contribution in [0.1, 0.15) is 11.5 Å². The molecule has 0 aromatic carbocycles. The summed E-state index contributed by atoms with van der Waals surface area (Å²) < 4.78 is 5.49. The van der Waals surface area contributed by atoms with Gasteiger partial charge in [-0.1, -0.05) is 0 Å². The number of nitrogens with one attached hydrogen (secondary N) is 4. The van der Waals surface area contributed by atoms with Gasteiger partial charge in [-0.15, -0.1) is 0 Å². The van der Waals surface area contributed by atoms with E-state index in [2.05, 4.69) is 10.6 Å². The first kappa shape index (κ1) is 12.4. The molecule has 0 aliphatic carbocycles. The second kappa shape index (κ2) is 6.06. The highest BCUT2D eigenvalue weighted by molar-refractivity contribution is 7.97. The van der Waals surface area contributed by atoms with Crippen molar-refractivity contribution in [1.82, 2.24) is 10.6 Å². The monoisotopic (exact) mass is 241 g/mol. The summed E-state index contributed by atoms with van der Waals surface area (Å²) in [6.07, 6.45) is 2.01. The minimum absolute atomic E-state index is 0.0182. The average molecular weight is 241 g/mol. The van der Waals surface area contributed by atoms with Gasteiger partial charge in [-0.3, -0.25) is 16.1 Å². The number of furan rings is 1. The molecule has 0 atom stereocenters. The topological polar surface area (TPSA) is 111 Å². The third-order valence-electron chi connectivity index (χ3n) is 1.70. The van der Waals surface area contributed by atoms with E-state index in [4.69, 9.17) is 21.0 Å². The fourth-order valence-corrected chi connectivity index (χ4v) is 1.53. The van der Waals surface area contributed by atoms with Crippen molar-refractivity contribution in [1.29, 1.82) is 10.8 Å². The van der Waals surface area contributed by atoms with Crippen LogP contribution >= 0.6 is 11.8 Å². The minimum Gasteiger partial charge on any atom is -0.463 e. The molecule has 6 N–H and O–H groups in total. The summed E-state index contributed by atoms with van der Waals surface area (Å²) in [7, 11) is 0. The zero-order valence-corrected chi connectivity index (χ0v) is 9.78. The minimum atomic E-state index is -0.264. The molecular formula is C9H15N5OS. The van der Waals surface area contributed by atoms with E-state index >= 15 is 0 Å². The Bertz CT molecular complexity index is 376. The Balaban J connectivity index is 2.36. The molecule has 0 unspecified atom stereocenters. The lowest BCUT2D eigenvalue weighted by molar-refractivity contribution is 0.474. The van der Waals surface area contributed by atoms with Crippen LogP contribution in [0.4, 0.5) is 0 Å². The Labute approximate surface area is 98.0 Å². The highest BCUT2D eigenvalue weighted by Gasteiger charge is 2.02. The van der Waals surface area contributed by atoms with Gasteiger partial charge >= 0.3 is 0 Å². The van der Waals surface area contributed by atoms with Crippen LogP contribution in [0, 0.1) is 10.8 Å². The number of nitrogens with two attached hydrogens (primary N) is 1. The molecule has 0 aliphatic heterocycles. The van der Waals surface area contributed by atoms with Crippen molar-refractivity contribution in [3.05, 3.63) is 23.7 Å². The molecule has 7 heteroatoms. The fraction of sp³-hybridized carbons (Fsp3) is 0.333. The summed E-state index contributed by atoms with van der Waals surface area (Å²) in [5, 5.41) is 19.4. The maximum Gasteiger partial charge on any atom is 0.195 e. The van der Waals surface area contributed by atoms with Gasteiger partial charge in [-0.05, 0) is 18.4 Å². The average Bonchev–Trinajstić information content (AvgIpc) is 2.62. The molecule has 0 spiro atoms. The third kappa shape index (κ3) is 4.26. The van der Waals surface area contributed by atoms with E-state index < -0.39 is 0 Å². The molecule has 16 heavy (non-hydrogen) atoms. The number of guanidine groups is 2. The lowest BCUT2D eigenvalue weighted by Crippen LogP contribution is -2.42. The van der Waals surface area contributed by atoms with Crippen molar-refractivity contribution in [2.75, 3.05) is 6.26 Å². The van der Waals surface area contributed by atoms with Gasteiger partial charge in [0.05, 0.1) is 12.3 Å². The van der Waals surface area contributed by atoms with E-state index in [-0.39, 0.29) is 11.9 Å². The zero-order chi connectivity index (χ0) is 12.0. The first-order valence-electron chi connectivity index (χ1n) is 4.62. The molecule has 0 bridgehead atoms. The fourth-order valence-electron chi connectivity index (χ4n) is 1.09. The van der Waals surface area contributed by atoms with Crippen LogP contribution in [-0.2, 0) is 12.3 Å². The number of hydrogen-bond donors (Lipinski definition) is 5. The van der Waals surface area contributed by atoms with Crippen LogP contribution in [0.15, 0.2) is 16.5 Å². The third-order valence-corrected chi connectivity index (χ3v) is 2.28. The van der Waals surface area contributed by atoms with Crippen LogP contribution < -0.4 is 16.4 Å². The first-order chi connectivity index (χ1) is 7.61. The second-order valence-electron chi connectivity index (χ2n) is 3.07. The van der Waals surface area contributed by atoms with Gasteiger partial charge in [0.1, 0.15) is 11.5 Å². The standard InChI is InChI=1S/C9H15N5OS/c1-16-5-7-3-2-6(15-7)4-13-9(12)14-8(10)11/h2-3H,4-5H2,1H3,(H6,10,11,12,13,14). The molecule has 0 amide bonds. The maximum atomic E-state index is 7.37. The summed E-state index contributed by atoms with van der Waals surface area (Å²) in [5.41, 5.74) is 5.07. The van der Waals surface area contributed by atoms with Crippen molar-refractivity contribution < 1.29 is 4.42 Å². The zero-order valence-electron chi connectivity index (χ0n) is 8.96. The normalized spacial score (nSPS) is 9.81. The highest BCUT2D eigenvalue weighted by atomic mass is 32.2. The van der Waals surface area contributed by atoms with Crippen molar-refractivity contribution >= 4 is 23.7 Å². The molecule has 1 aromatic rings. The van der Waals surface area contributed by atoms with Crippen LogP contribution in [0.3, 0.4) is 0 Å². The van der Waals surface area contributed by atoms with Gasteiger partial charge in [-0.2, -0.15) is 11.8 Å². The largest absolute Gasteiger partial charge is 0.463 e. The molecule has 0 fully saturated rings. The Hall–Kier alpha value is -1.63. The molecular weight excluding hydrogens is 226 g/mol. The van der Waals surface area contributed by atoms with Crippen molar-refractivity contribution in [3.63, 3.8) is 0 Å². The molecule has 1 rings (SSSR count). The molecule has 0 saturated heterocycles. The Morgan fingerprint density at radius 1 is 1.44 bits per heavy atom. The molecule has 6 nitrogen and oxygen atoms in total. The predicted molar refractivity (Wildman–Crippen MR) is 65.5 cm³/mol. The quantitative estimate of drug-likeness (QED) is 0.392. The molecule has 0 aliphatic rings. The second-order valence-corrected chi connectivity index (χ2v) is 3.93. The molecule has 1 aromatic heterocycles. The number of rotatable bonds is 4. The van der Waals surface area contributed by atoms with E-state index in [0.717, 1.165) is 17.3 Å². The van der Waals surface area contributed by atoms with Gasteiger partial charge in [-0.25, -0.2) is 0 Å². The summed E-state index contributed by atoms with van der Waals surface area (Å²) in [5.74, 6) is 2.22. The summed E-state index contributed by atoms with van der Waals surface area (Å²) in [6.45, 7) is 0.396. The smallest absolute Gasteiger partial charge is 0.195 e. The lowest BCUT2D eigenvalue weighted by Gasteiger charge is -2.06. The highest BCUT2D eigenvalue weighted by Crippen LogP contribution is 2.12. The van der Waals surface area contributed by atoms with E-state index in [9.17, 15) is 0 Å². The molecule has 0 saturated carbocycles. The van der Waals surface area contributed by atoms with Gasteiger partial charge < -0.3 is 15.5 Å². The van der Waals surface area contributed by atoms with Crippen molar-refractivity contribution in [3.8, 4) is 0 Å². The van der Waals surface area contributed by atoms with Gasteiger partial charge in [0.15, 0.2) is 11.9 Å². The lowest BCUT2D eigenvalue weighted by atomic mass is 10.4. The van der Waals surface area contributed by atoms with Crippen LogP contribution in [0.25, 0.3) is 0 Å². The molecule has 0 radical (unpaired) electrons. The van der Waals surface area contributed by atoms with Crippen LogP contribution in [0.5, 0.6) is 0 Å². The Morgan fingerprint density at radius 2 is 2.12 bits per heavy atom. The van der Waals surface area contributed by atoms with Gasteiger partial charge in [0.2, 0.25) is 0 Å². The summed E-state index contributed by atoms with van der Waals surface area (Å²) in [6, 6.07) is 3.77. The predicted octanol–water partition coefficient (Wildman–Crippen LogP) is 0.650. The SMILES string of the molecule is CSCc1ccc(CNC(=N)NC(=N)N)o1. The molecule has 1 heterocycles. The maximum absolute atomic E-state index is 7.37. The summed E-state index contributed by atoms with van der Waals surface area (Å²) >= 11 is 1.69. The van der Waals surface area contributed by atoms with E-state index in [0.29, 0.717) is 6.54 Å². The van der Waals surface area contributed by atoms with Crippen LogP contribution in [0.2, 0.25) is 0 Å². The van der Waals surface area contributed by atoms with E-state index in [1.165, 1.54) is 0 Å². The van der Waals surface area contributed by atoms with E-state index in [1.54, 1.807) is 11.8 Å². The molecule has 88 valence electrons. The van der Waals surface area contributed by atoms with Crippen LogP contribution in [-0.4, -0.2) is 18.2 Å². The van der Waals surface area contributed by atoms with Crippen molar-refractivity contribution in [2.45, 2.75) is 12.3 Å². The van der Waals surface area contributed by atoms with E-state index in [1.807, 2.05) is 18.4 Å².